The molecule has 0 radical (unpaired) electrons. The molecule has 0 bridgehead atoms. The van der Waals surface area contributed by atoms with E-state index in [0.717, 1.165) is 12.8 Å². The number of unbranched alkanes of at least 4 members (excludes halogenated alkanes) is 1. The van der Waals surface area contributed by atoms with Gasteiger partial charge in [-0.3, -0.25) is 10.1 Å². The van der Waals surface area contributed by atoms with Crippen molar-refractivity contribution in [1.29, 1.82) is 0 Å². The summed E-state index contributed by atoms with van der Waals surface area (Å²) in [5, 5.41) is 4.55. The predicted molar refractivity (Wildman–Crippen MR) is 50.5 cm³/mol. The summed E-state index contributed by atoms with van der Waals surface area (Å²) in [6.45, 7) is 2.70. The van der Waals surface area contributed by atoms with Crippen LogP contribution >= 0.6 is 0 Å². The second-order valence-corrected chi connectivity index (χ2v) is 2.99. The van der Waals surface area contributed by atoms with Gasteiger partial charge in [0.2, 0.25) is 0 Å². The maximum Gasteiger partial charge on any atom is 0.322 e. The largest absolute Gasteiger partial charge is 0.501 e. The molecule has 0 spiro atoms. The number of hydrogen-bond acceptors (Lipinski definition) is 3. The summed E-state index contributed by atoms with van der Waals surface area (Å²) in [6.07, 6.45) is 5.02. The van der Waals surface area contributed by atoms with Crippen LogP contribution in [0.1, 0.15) is 19.8 Å². The summed E-state index contributed by atoms with van der Waals surface area (Å²) in [4.78, 5) is 21.7. The highest BCUT2D eigenvalue weighted by Gasteiger charge is 2.26. The second kappa shape index (κ2) is 5.26. The molecule has 14 heavy (non-hydrogen) atoms. The molecule has 0 aromatic rings. The SMILES string of the molecule is CCCCO/C=C/C1NC(=O)NC1=O. The molecule has 1 unspecified atom stereocenters. The fourth-order valence-corrected chi connectivity index (χ4v) is 0.998. The van der Waals surface area contributed by atoms with Gasteiger partial charge in [-0.1, -0.05) is 13.3 Å². The molecule has 1 heterocycles. The Labute approximate surface area is 82.5 Å². The lowest BCUT2D eigenvalue weighted by Gasteiger charge is -2.00. The van der Waals surface area contributed by atoms with Crippen LogP contribution in [0.4, 0.5) is 4.79 Å². The van der Waals surface area contributed by atoms with Gasteiger partial charge in [0.1, 0.15) is 6.04 Å². The van der Waals surface area contributed by atoms with E-state index in [1.54, 1.807) is 0 Å². The molecular formula is C9H14N2O3. The zero-order chi connectivity index (χ0) is 10.4. The molecule has 0 aliphatic carbocycles. The van der Waals surface area contributed by atoms with E-state index in [-0.39, 0.29) is 5.91 Å². The third-order valence-electron chi connectivity index (χ3n) is 1.79. The highest BCUT2D eigenvalue weighted by molar-refractivity contribution is 6.05. The van der Waals surface area contributed by atoms with Crippen molar-refractivity contribution in [3.05, 3.63) is 12.3 Å². The van der Waals surface area contributed by atoms with Crippen LogP contribution in [0.5, 0.6) is 0 Å². The van der Waals surface area contributed by atoms with Crippen LogP contribution in [0.2, 0.25) is 0 Å². The van der Waals surface area contributed by atoms with Gasteiger partial charge in [-0.05, 0) is 12.5 Å². The average Bonchev–Trinajstić information content (AvgIpc) is 2.45. The Kier molecular flexibility index (Phi) is 3.97. The van der Waals surface area contributed by atoms with E-state index in [0.29, 0.717) is 6.61 Å². The van der Waals surface area contributed by atoms with Gasteiger partial charge in [-0.25, -0.2) is 4.79 Å². The normalized spacial score (nSPS) is 21.1. The highest BCUT2D eigenvalue weighted by atomic mass is 16.5. The fourth-order valence-electron chi connectivity index (χ4n) is 0.998. The van der Waals surface area contributed by atoms with Crippen LogP contribution < -0.4 is 10.6 Å². The van der Waals surface area contributed by atoms with Crippen LogP contribution in [0.25, 0.3) is 0 Å². The van der Waals surface area contributed by atoms with Crippen LogP contribution in [0, 0.1) is 0 Å². The standard InChI is InChI=1S/C9H14N2O3/c1-2-3-5-14-6-4-7-8(12)11-9(13)10-7/h4,6-7H,2-3,5H2,1H3,(H2,10,11,12,13)/b6-4+. The predicted octanol–water partition coefficient (Wildman–Crippen LogP) is 0.525. The number of carbonyl (C=O) groups is 2. The maximum atomic E-state index is 11.0. The first kappa shape index (κ1) is 10.6. The number of nitrogens with one attached hydrogen (secondary N) is 2. The third kappa shape index (κ3) is 3.08. The monoisotopic (exact) mass is 198 g/mol. The minimum Gasteiger partial charge on any atom is -0.501 e. The number of imide groups is 1. The molecular weight excluding hydrogens is 184 g/mol. The molecule has 1 aliphatic rings. The van der Waals surface area contributed by atoms with Crippen LogP contribution in [0.15, 0.2) is 12.3 Å². The molecule has 1 atom stereocenters. The van der Waals surface area contributed by atoms with E-state index < -0.39 is 12.1 Å². The fraction of sp³-hybridized carbons (Fsp3) is 0.556. The topological polar surface area (TPSA) is 67.4 Å². The zero-order valence-corrected chi connectivity index (χ0v) is 8.08. The van der Waals surface area contributed by atoms with E-state index >= 15 is 0 Å². The molecule has 5 nitrogen and oxygen atoms in total. The first-order valence-corrected chi connectivity index (χ1v) is 4.63. The van der Waals surface area contributed by atoms with E-state index in [4.69, 9.17) is 4.74 Å². The molecule has 2 N–H and O–H groups in total. The Morgan fingerprint density at radius 3 is 2.86 bits per heavy atom. The van der Waals surface area contributed by atoms with Gasteiger partial charge in [-0.2, -0.15) is 0 Å². The van der Waals surface area contributed by atoms with Crippen molar-refractivity contribution in [2.24, 2.45) is 0 Å². The Morgan fingerprint density at radius 2 is 2.29 bits per heavy atom. The third-order valence-corrected chi connectivity index (χ3v) is 1.79. The summed E-state index contributed by atoms with van der Waals surface area (Å²) in [5.41, 5.74) is 0. The first-order valence-electron chi connectivity index (χ1n) is 4.63. The minimum absolute atomic E-state index is 0.342. The number of ether oxygens (including phenoxy) is 1. The minimum atomic E-state index is -0.593. The van der Waals surface area contributed by atoms with Crippen molar-refractivity contribution < 1.29 is 14.3 Å². The molecule has 1 rings (SSSR count). The summed E-state index contributed by atoms with van der Waals surface area (Å²) < 4.78 is 5.11. The van der Waals surface area contributed by atoms with Crippen LogP contribution in [-0.4, -0.2) is 24.6 Å². The van der Waals surface area contributed by atoms with Gasteiger partial charge in [0.05, 0.1) is 12.9 Å². The van der Waals surface area contributed by atoms with Crippen LogP contribution in [0.3, 0.4) is 0 Å². The Balaban J connectivity index is 2.23. The average molecular weight is 198 g/mol. The number of carbonyl (C=O) groups excluding carboxylic acids is 2. The van der Waals surface area contributed by atoms with Crippen molar-refractivity contribution in [2.75, 3.05) is 6.61 Å². The Bertz CT molecular complexity index is 250. The molecule has 0 aromatic carbocycles. The molecule has 1 aliphatic heterocycles. The lowest BCUT2D eigenvalue weighted by Crippen LogP contribution is -2.26. The van der Waals surface area contributed by atoms with Gasteiger partial charge in [0.25, 0.3) is 5.91 Å². The van der Waals surface area contributed by atoms with Crippen molar-refractivity contribution in [3.8, 4) is 0 Å². The molecule has 3 amide bonds. The van der Waals surface area contributed by atoms with Crippen molar-refractivity contribution in [2.45, 2.75) is 25.8 Å². The highest BCUT2D eigenvalue weighted by Crippen LogP contribution is 1.96. The molecule has 5 heteroatoms. The Hall–Kier alpha value is -1.52. The van der Waals surface area contributed by atoms with Crippen molar-refractivity contribution >= 4 is 11.9 Å². The second-order valence-electron chi connectivity index (χ2n) is 2.99. The number of hydrogen-bond donors (Lipinski definition) is 2. The van der Waals surface area contributed by atoms with E-state index in [2.05, 4.69) is 17.6 Å². The van der Waals surface area contributed by atoms with E-state index in [1.807, 2.05) is 0 Å². The molecule has 78 valence electrons. The number of rotatable bonds is 5. The van der Waals surface area contributed by atoms with Crippen molar-refractivity contribution in [1.82, 2.24) is 10.6 Å². The summed E-state index contributed by atoms with van der Waals surface area (Å²) in [5.74, 6) is -0.342. The first-order chi connectivity index (χ1) is 6.74. The van der Waals surface area contributed by atoms with E-state index in [1.165, 1.54) is 12.3 Å². The molecule has 0 aromatic heterocycles. The lowest BCUT2D eigenvalue weighted by atomic mass is 10.3. The van der Waals surface area contributed by atoms with Gasteiger partial charge in [0.15, 0.2) is 0 Å². The van der Waals surface area contributed by atoms with E-state index in [9.17, 15) is 9.59 Å². The van der Waals surface area contributed by atoms with Crippen molar-refractivity contribution in [3.63, 3.8) is 0 Å². The molecule has 1 saturated heterocycles. The Morgan fingerprint density at radius 1 is 1.50 bits per heavy atom. The number of urea groups is 1. The maximum absolute atomic E-state index is 11.0. The van der Waals surface area contributed by atoms with Gasteiger partial charge >= 0.3 is 6.03 Å². The quantitative estimate of drug-likeness (QED) is 0.384. The van der Waals surface area contributed by atoms with Gasteiger partial charge in [0, 0.05) is 0 Å². The summed E-state index contributed by atoms with van der Waals surface area (Å²) in [6, 6.07) is -1.05. The summed E-state index contributed by atoms with van der Waals surface area (Å²) in [7, 11) is 0. The van der Waals surface area contributed by atoms with Gasteiger partial charge in [-0.15, -0.1) is 0 Å². The number of amides is 3. The summed E-state index contributed by atoms with van der Waals surface area (Å²) >= 11 is 0. The lowest BCUT2D eigenvalue weighted by molar-refractivity contribution is -0.119. The smallest absolute Gasteiger partial charge is 0.322 e. The van der Waals surface area contributed by atoms with Crippen LogP contribution in [-0.2, 0) is 9.53 Å². The molecule has 1 fully saturated rings. The molecule has 0 saturated carbocycles. The zero-order valence-electron chi connectivity index (χ0n) is 8.08. The van der Waals surface area contributed by atoms with Gasteiger partial charge < -0.3 is 10.1 Å².